The van der Waals surface area contributed by atoms with E-state index in [4.69, 9.17) is 10.5 Å². The van der Waals surface area contributed by atoms with Gasteiger partial charge in [-0.25, -0.2) is 4.52 Å². The second kappa shape index (κ2) is 5.98. The lowest BCUT2D eigenvalue weighted by molar-refractivity contribution is 0.413. The molecule has 0 fully saturated rings. The lowest BCUT2D eigenvalue weighted by Crippen LogP contribution is -2.02. The number of nitrogen functional groups attached to an aromatic ring is 1. The van der Waals surface area contributed by atoms with Crippen LogP contribution in [0, 0.1) is 0 Å². The van der Waals surface area contributed by atoms with E-state index >= 15 is 0 Å². The van der Waals surface area contributed by atoms with E-state index in [1.807, 2.05) is 43.8 Å². The lowest BCUT2D eigenvalue weighted by atomic mass is 9.96. The highest BCUT2D eigenvalue weighted by Crippen LogP contribution is 2.37. The quantitative estimate of drug-likeness (QED) is 0.623. The second-order valence-corrected chi connectivity index (χ2v) is 6.01. The van der Waals surface area contributed by atoms with Gasteiger partial charge >= 0.3 is 0 Å². The fourth-order valence-electron chi connectivity index (χ4n) is 3.18. The third-order valence-corrected chi connectivity index (χ3v) is 4.33. The molecule has 0 radical (unpaired) electrons. The predicted molar refractivity (Wildman–Crippen MR) is 97.6 cm³/mol. The highest BCUT2D eigenvalue weighted by molar-refractivity contribution is 5.83. The molecule has 126 valence electrons. The average molecular weight is 333 g/mol. The molecule has 0 aliphatic carbocycles. The first-order chi connectivity index (χ1) is 12.2. The van der Waals surface area contributed by atoms with Gasteiger partial charge < -0.3 is 10.5 Å². The SMILES string of the molecule is COc1c(Cc2ccccc2)c(-c2cnn(C)c2)cn2ncc(N)c12. The Balaban J connectivity index is 1.99. The molecule has 6 nitrogen and oxygen atoms in total. The summed E-state index contributed by atoms with van der Waals surface area (Å²) in [4.78, 5) is 0. The van der Waals surface area contributed by atoms with Crippen molar-refractivity contribution in [3.05, 3.63) is 66.2 Å². The zero-order chi connectivity index (χ0) is 17.4. The van der Waals surface area contributed by atoms with E-state index in [-0.39, 0.29) is 0 Å². The summed E-state index contributed by atoms with van der Waals surface area (Å²) in [7, 11) is 3.57. The number of aromatic nitrogens is 4. The van der Waals surface area contributed by atoms with Gasteiger partial charge in [-0.15, -0.1) is 0 Å². The molecule has 4 rings (SSSR count). The van der Waals surface area contributed by atoms with Crippen LogP contribution < -0.4 is 10.5 Å². The molecule has 0 saturated heterocycles. The van der Waals surface area contributed by atoms with E-state index in [0.29, 0.717) is 5.69 Å². The van der Waals surface area contributed by atoms with Crippen molar-refractivity contribution < 1.29 is 4.74 Å². The Bertz CT molecular complexity index is 1030. The van der Waals surface area contributed by atoms with E-state index in [1.165, 1.54) is 5.56 Å². The van der Waals surface area contributed by atoms with Gasteiger partial charge in [-0.1, -0.05) is 30.3 Å². The number of pyridine rings is 1. The van der Waals surface area contributed by atoms with Gasteiger partial charge in [0.15, 0.2) is 5.75 Å². The maximum absolute atomic E-state index is 6.13. The average Bonchev–Trinajstić information content (AvgIpc) is 3.21. The fraction of sp³-hybridized carbons (Fsp3) is 0.158. The minimum atomic E-state index is 0.601. The maximum atomic E-state index is 6.13. The van der Waals surface area contributed by atoms with Crippen LogP contribution in [0.5, 0.6) is 5.75 Å². The number of rotatable bonds is 4. The number of hydrogen-bond acceptors (Lipinski definition) is 4. The number of ether oxygens (including phenoxy) is 1. The normalized spacial score (nSPS) is 11.1. The van der Waals surface area contributed by atoms with Crippen LogP contribution in [0.15, 0.2) is 55.1 Å². The van der Waals surface area contributed by atoms with Gasteiger partial charge in [0, 0.05) is 42.6 Å². The van der Waals surface area contributed by atoms with Crippen LogP contribution in [0.2, 0.25) is 0 Å². The topological polar surface area (TPSA) is 70.4 Å². The summed E-state index contributed by atoms with van der Waals surface area (Å²) in [6.07, 6.45) is 8.21. The molecular weight excluding hydrogens is 314 g/mol. The molecule has 2 N–H and O–H groups in total. The molecule has 0 atom stereocenters. The summed E-state index contributed by atoms with van der Waals surface area (Å²) >= 11 is 0. The van der Waals surface area contributed by atoms with E-state index in [1.54, 1.807) is 22.5 Å². The predicted octanol–water partition coefficient (Wildman–Crippen LogP) is 2.92. The number of methoxy groups -OCH3 is 1. The van der Waals surface area contributed by atoms with Crippen LogP contribution in [0.4, 0.5) is 5.69 Å². The van der Waals surface area contributed by atoms with Gasteiger partial charge in [0.2, 0.25) is 0 Å². The molecular formula is C19H19N5O. The zero-order valence-electron chi connectivity index (χ0n) is 14.2. The Kier molecular flexibility index (Phi) is 3.65. The summed E-state index contributed by atoms with van der Waals surface area (Å²) in [6, 6.07) is 10.3. The monoisotopic (exact) mass is 333 g/mol. The number of anilines is 1. The highest BCUT2D eigenvalue weighted by atomic mass is 16.5. The van der Waals surface area contributed by atoms with Crippen molar-refractivity contribution in [2.24, 2.45) is 7.05 Å². The Labute approximate surface area is 145 Å². The fourth-order valence-corrected chi connectivity index (χ4v) is 3.18. The number of benzene rings is 1. The number of hydrogen-bond donors (Lipinski definition) is 1. The largest absolute Gasteiger partial charge is 0.494 e. The van der Waals surface area contributed by atoms with Gasteiger partial charge in [0.1, 0.15) is 5.52 Å². The van der Waals surface area contributed by atoms with E-state index in [9.17, 15) is 0 Å². The van der Waals surface area contributed by atoms with Gasteiger partial charge in [-0.05, 0) is 5.56 Å². The molecule has 25 heavy (non-hydrogen) atoms. The second-order valence-electron chi connectivity index (χ2n) is 6.01. The van der Waals surface area contributed by atoms with Crippen molar-refractivity contribution in [2.75, 3.05) is 12.8 Å². The third-order valence-electron chi connectivity index (χ3n) is 4.33. The van der Waals surface area contributed by atoms with Gasteiger partial charge in [0.05, 0.1) is 25.2 Å². The summed E-state index contributed by atoms with van der Waals surface area (Å²) < 4.78 is 9.33. The van der Waals surface area contributed by atoms with Crippen molar-refractivity contribution in [1.82, 2.24) is 19.4 Å². The highest BCUT2D eigenvalue weighted by Gasteiger charge is 2.19. The Morgan fingerprint density at radius 3 is 2.56 bits per heavy atom. The number of fused-ring (bicyclic) bond motifs is 1. The van der Waals surface area contributed by atoms with Gasteiger partial charge in [-0.3, -0.25) is 4.68 Å². The molecule has 0 spiro atoms. The molecule has 1 aromatic carbocycles. The van der Waals surface area contributed by atoms with E-state index in [0.717, 1.165) is 34.4 Å². The van der Waals surface area contributed by atoms with Crippen LogP contribution in [-0.4, -0.2) is 26.5 Å². The standard InChI is InChI=1S/C19H19N5O/c1-23-11-14(9-21-23)16-12-24-18(17(20)10-22-24)19(25-2)15(16)8-13-6-4-3-5-7-13/h3-7,9-12H,8,20H2,1-2H3. The Hall–Kier alpha value is -3.28. The van der Waals surface area contributed by atoms with Crippen molar-refractivity contribution in [2.45, 2.75) is 6.42 Å². The van der Waals surface area contributed by atoms with Gasteiger partial charge in [-0.2, -0.15) is 10.2 Å². The lowest BCUT2D eigenvalue weighted by Gasteiger charge is -2.15. The molecule has 0 aliphatic heterocycles. The molecule has 3 aromatic heterocycles. The minimum Gasteiger partial charge on any atom is -0.494 e. The minimum absolute atomic E-state index is 0.601. The number of aryl methyl sites for hydroxylation is 1. The van der Waals surface area contributed by atoms with Crippen LogP contribution in [0.3, 0.4) is 0 Å². The number of nitrogens with zero attached hydrogens (tertiary/aromatic N) is 4. The summed E-state index contributed by atoms with van der Waals surface area (Å²) in [5, 5.41) is 8.66. The van der Waals surface area contributed by atoms with Crippen molar-refractivity contribution in [1.29, 1.82) is 0 Å². The number of nitrogens with two attached hydrogens (primary N) is 1. The first-order valence-electron chi connectivity index (χ1n) is 8.03. The summed E-state index contributed by atoms with van der Waals surface area (Å²) in [5.74, 6) is 0.750. The molecule has 0 amide bonds. The van der Waals surface area contributed by atoms with Crippen LogP contribution in [-0.2, 0) is 13.5 Å². The van der Waals surface area contributed by atoms with Gasteiger partial charge in [0.25, 0.3) is 0 Å². The first kappa shape index (κ1) is 15.3. The van der Waals surface area contributed by atoms with E-state index < -0.39 is 0 Å². The van der Waals surface area contributed by atoms with Crippen molar-refractivity contribution >= 4 is 11.2 Å². The Morgan fingerprint density at radius 2 is 1.88 bits per heavy atom. The van der Waals surface area contributed by atoms with Crippen molar-refractivity contribution in [3.8, 4) is 16.9 Å². The molecule has 0 saturated carbocycles. The molecule has 3 heterocycles. The maximum Gasteiger partial charge on any atom is 0.150 e. The van der Waals surface area contributed by atoms with Crippen LogP contribution in [0.25, 0.3) is 16.6 Å². The molecule has 0 unspecified atom stereocenters. The smallest absolute Gasteiger partial charge is 0.150 e. The molecule has 0 bridgehead atoms. The van der Waals surface area contributed by atoms with Crippen LogP contribution >= 0.6 is 0 Å². The molecule has 4 aromatic rings. The van der Waals surface area contributed by atoms with Crippen LogP contribution in [0.1, 0.15) is 11.1 Å². The van der Waals surface area contributed by atoms with E-state index in [2.05, 4.69) is 22.3 Å². The summed E-state index contributed by atoms with van der Waals surface area (Å²) in [5.41, 5.74) is 11.8. The molecule has 0 aliphatic rings. The first-order valence-corrected chi connectivity index (χ1v) is 8.03. The molecule has 6 heteroatoms. The van der Waals surface area contributed by atoms with Crippen molar-refractivity contribution in [3.63, 3.8) is 0 Å². The zero-order valence-corrected chi connectivity index (χ0v) is 14.2. The Morgan fingerprint density at radius 1 is 1.08 bits per heavy atom. The third kappa shape index (κ3) is 2.61. The summed E-state index contributed by atoms with van der Waals surface area (Å²) in [6.45, 7) is 0.